The van der Waals surface area contributed by atoms with Gasteiger partial charge >= 0.3 is 0 Å². The molecule has 0 aliphatic carbocycles. The molecule has 0 amide bonds. The molecule has 1 aromatic heterocycles. The van der Waals surface area contributed by atoms with E-state index < -0.39 is 0 Å². The fraction of sp³-hybridized carbons (Fsp3) is 0.692. The van der Waals surface area contributed by atoms with Crippen LogP contribution in [0.3, 0.4) is 0 Å². The third kappa shape index (κ3) is 5.38. The van der Waals surface area contributed by atoms with Crippen LogP contribution in [0.5, 0.6) is 0 Å². The topological polar surface area (TPSA) is 21.3 Å². The zero-order valence-electron chi connectivity index (χ0n) is 10.8. The van der Waals surface area contributed by atoms with Crippen molar-refractivity contribution in [3.05, 3.63) is 21.3 Å². The van der Waals surface area contributed by atoms with Crippen molar-refractivity contribution in [3.8, 4) is 0 Å². The number of hydrogen-bond acceptors (Lipinski definition) is 3. The lowest BCUT2D eigenvalue weighted by atomic mass is 10.1. The van der Waals surface area contributed by atoms with Gasteiger partial charge in [0.2, 0.25) is 0 Å². The summed E-state index contributed by atoms with van der Waals surface area (Å²) in [5, 5.41) is 3.57. The Kier molecular flexibility index (Phi) is 7.12. The molecule has 1 aromatic rings. The quantitative estimate of drug-likeness (QED) is 0.765. The van der Waals surface area contributed by atoms with E-state index in [-0.39, 0.29) is 0 Å². The van der Waals surface area contributed by atoms with E-state index in [0.717, 1.165) is 30.1 Å². The largest absolute Gasteiger partial charge is 0.382 e. The number of methoxy groups -OCH3 is 1. The summed E-state index contributed by atoms with van der Waals surface area (Å²) in [5.41, 5.74) is 0. The van der Waals surface area contributed by atoms with E-state index in [0.29, 0.717) is 12.1 Å². The fourth-order valence-corrected chi connectivity index (χ4v) is 2.87. The first-order valence-electron chi connectivity index (χ1n) is 6.18. The minimum absolute atomic E-state index is 0.316. The van der Waals surface area contributed by atoms with Gasteiger partial charge in [-0.1, -0.05) is 18.5 Å². The molecule has 0 saturated carbocycles. The van der Waals surface area contributed by atoms with Gasteiger partial charge in [-0.2, -0.15) is 0 Å². The van der Waals surface area contributed by atoms with Crippen LogP contribution in [0.1, 0.15) is 44.0 Å². The van der Waals surface area contributed by atoms with Gasteiger partial charge in [0, 0.05) is 18.0 Å². The molecule has 0 radical (unpaired) electrons. The molecule has 0 aliphatic rings. The molecule has 0 aromatic carbocycles. The van der Waals surface area contributed by atoms with E-state index in [9.17, 15) is 0 Å². The highest BCUT2D eigenvalue weighted by atomic mass is 35.5. The first-order valence-corrected chi connectivity index (χ1v) is 7.38. The van der Waals surface area contributed by atoms with Crippen molar-refractivity contribution in [3.63, 3.8) is 0 Å². The molecule has 1 heterocycles. The molecule has 4 heteroatoms. The second-order valence-electron chi connectivity index (χ2n) is 4.27. The summed E-state index contributed by atoms with van der Waals surface area (Å²) in [5.74, 6) is 0. The maximum atomic E-state index is 5.99. The summed E-state index contributed by atoms with van der Waals surface area (Å²) in [7, 11) is 1.77. The van der Waals surface area contributed by atoms with E-state index >= 15 is 0 Å². The highest BCUT2D eigenvalue weighted by Gasteiger charge is 2.14. The Labute approximate surface area is 113 Å². The normalized spacial score (nSPS) is 14.8. The Bertz CT molecular complexity index is 316. The molecule has 0 bridgehead atoms. The summed E-state index contributed by atoms with van der Waals surface area (Å²) in [6, 6.07) is 4.50. The molecule has 2 unspecified atom stereocenters. The molecule has 1 rings (SSSR count). The van der Waals surface area contributed by atoms with Crippen LogP contribution in [0.4, 0.5) is 0 Å². The molecule has 98 valence electrons. The van der Waals surface area contributed by atoms with Gasteiger partial charge in [0.25, 0.3) is 0 Å². The molecule has 2 nitrogen and oxygen atoms in total. The SMILES string of the molecule is CCCNC(CCC(C)OC)c1ccc(Cl)s1. The Morgan fingerprint density at radius 1 is 1.41 bits per heavy atom. The smallest absolute Gasteiger partial charge is 0.0931 e. The first-order chi connectivity index (χ1) is 8.17. The average molecular weight is 276 g/mol. The highest BCUT2D eigenvalue weighted by Crippen LogP contribution is 2.29. The lowest BCUT2D eigenvalue weighted by molar-refractivity contribution is 0.106. The van der Waals surface area contributed by atoms with Crippen molar-refractivity contribution in [2.75, 3.05) is 13.7 Å². The van der Waals surface area contributed by atoms with Gasteiger partial charge in [0.15, 0.2) is 0 Å². The molecule has 2 atom stereocenters. The van der Waals surface area contributed by atoms with E-state index in [4.69, 9.17) is 16.3 Å². The van der Waals surface area contributed by atoms with Crippen LogP contribution >= 0.6 is 22.9 Å². The summed E-state index contributed by atoms with van der Waals surface area (Å²) >= 11 is 7.66. The fourth-order valence-electron chi connectivity index (χ4n) is 1.70. The van der Waals surface area contributed by atoms with Crippen molar-refractivity contribution in [2.24, 2.45) is 0 Å². The maximum absolute atomic E-state index is 5.99. The lowest BCUT2D eigenvalue weighted by Crippen LogP contribution is -2.22. The zero-order valence-corrected chi connectivity index (χ0v) is 12.4. The number of thiophene rings is 1. The van der Waals surface area contributed by atoms with Crippen LogP contribution in [-0.2, 0) is 4.74 Å². The number of nitrogens with one attached hydrogen (secondary N) is 1. The van der Waals surface area contributed by atoms with Crippen molar-refractivity contribution in [2.45, 2.75) is 45.3 Å². The molecule has 17 heavy (non-hydrogen) atoms. The van der Waals surface area contributed by atoms with E-state index in [1.54, 1.807) is 18.4 Å². The van der Waals surface area contributed by atoms with E-state index in [1.165, 1.54) is 4.88 Å². The van der Waals surface area contributed by atoms with Gasteiger partial charge in [-0.3, -0.25) is 0 Å². The Balaban J connectivity index is 2.54. The lowest BCUT2D eigenvalue weighted by Gasteiger charge is -2.19. The van der Waals surface area contributed by atoms with Crippen LogP contribution in [0, 0.1) is 0 Å². The Morgan fingerprint density at radius 3 is 2.71 bits per heavy atom. The van der Waals surface area contributed by atoms with Gasteiger partial charge in [-0.25, -0.2) is 0 Å². The van der Waals surface area contributed by atoms with E-state index in [2.05, 4.69) is 25.2 Å². The summed E-state index contributed by atoms with van der Waals surface area (Å²) < 4.78 is 6.16. The van der Waals surface area contributed by atoms with Crippen LogP contribution < -0.4 is 5.32 Å². The minimum Gasteiger partial charge on any atom is -0.382 e. The average Bonchev–Trinajstić information content (AvgIpc) is 2.75. The van der Waals surface area contributed by atoms with Gasteiger partial charge < -0.3 is 10.1 Å². The Hall–Kier alpha value is -0.0900. The molecular weight excluding hydrogens is 254 g/mol. The van der Waals surface area contributed by atoms with Crippen molar-refractivity contribution < 1.29 is 4.74 Å². The number of hydrogen-bond donors (Lipinski definition) is 1. The van der Waals surface area contributed by atoms with Crippen molar-refractivity contribution in [1.29, 1.82) is 0 Å². The molecule has 1 N–H and O–H groups in total. The number of ether oxygens (including phenoxy) is 1. The molecule has 0 spiro atoms. The predicted octanol–water partition coefficient (Wildman–Crippen LogP) is 4.26. The summed E-state index contributed by atoms with van der Waals surface area (Å²) in [6.07, 6.45) is 3.62. The monoisotopic (exact) mass is 275 g/mol. The molecule has 0 saturated heterocycles. The summed E-state index contributed by atoms with van der Waals surface area (Å²) in [6.45, 7) is 5.34. The third-order valence-electron chi connectivity index (χ3n) is 2.84. The van der Waals surface area contributed by atoms with E-state index in [1.807, 2.05) is 6.07 Å². The third-order valence-corrected chi connectivity index (χ3v) is 4.19. The number of rotatable bonds is 8. The zero-order chi connectivity index (χ0) is 12.7. The second-order valence-corrected chi connectivity index (χ2v) is 6.02. The summed E-state index contributed by atoms with van der Waals surface area (Å²) in [4.78, 5) is 1.33. The van der Waals surface area contributed by atoms with Gasteiger partial charge in [0.05, 0.1) is 10.4 Å². The van der Waals surface area contributed by atoms with Gasteiger partial charge in [0.1, 0.15) is 0 Å². The van der Waals surface area contributed by atoms with Gasteiger partial charge in [-0.15, -0.1) is 11.3 Å². The molecule has 0 fully saturated rings. The van der Waals surface area contributed by atoms with Crippen LogP contribution in [0.2, 0.25) is 4.34 Å². The maximum Gasteiger partial charge on any atom is 0.0931 e. The predicted molar refractivity (Wildman–Crippen MR) is 76.1 cm³/mol. The first kappa shape index (κ1) is 15.0. The number of halogens is 1. The van der Waals surface area contributed by atoms with Crippen LogP contribution in [-0.4, -0.2) is 19.8 Å². The van der Waals surface area contributed by atoms with Crippen LogP contribution in [0.25, 0.3) is 0 Å². The molecular formula is C13H22ClNOS. The molecule has 0 aliphatic heterocycles. The van der Waals surface area contributed by atoms with Crippen LogP contribution in [0.15, 0.2) is 12.1 Å². The van der Waals surface area contributed by atoms with Crippen molar-refractivity contribution in [1.82, 2.24) is 5.32 Å². The van der Waals surface area contributed by atoms with Gasteiger partial charge in [-0.05, 0) is 44.9 Å². The second kappa shape index (κ2) is 8.09. The Morgan fingerprint density at radius 2 is 2.18 bits per heavy atom. The minimum atomic E-state index is 0.316. The van der Waals surface area contributed by atoms with Crippen molar-refractivity contribution >= 4 is 22.9 Å². The highest BCUT2D eigenvalue weighted by molar-refractivity contribution is 7.16. The standard InChI is InChI=1S/C13H22ClNOS/c1-4-9-15-11(6-5-10(2)16-3)12-7-8-13(14)17-12/h7-8,10-11,15H,4-6,9H2,1-3H3.